The molecule has 25 heavy (non-hydrogen) atoms. The third-order valence-electron chi connectivity index (χ3n) is 4.27. The number of furan rings is 1. The van der Waals surface area contributed by atoms with Crippen molar-refractivity contribution in [3.8, 4) is 17.5 Å². The van der Waals surface area contributed by atoms with E-state index in [2.05, 4.69) is 16.2 Å². The molecule has 7 heteroatoms. The molecule has 0 atom stereocenters. The first-order chi connectivity index (χ1) is 12.2. The minimum atomic E-state index is -0.121. The Bertz CT molecular complexity index is 964. The van der Waals surface area contributed by atoms with Crippen molar-refractivity contribution in [2.24, 2.45) is 0 Å². The van der Waals surface area contributed by atoms with Crippen LogP contribution in [-0.4, -0.2) is 33.5 Å². The molecule has 3 heterocycles. The van der Waals surface area contributed by atoms with Gasteiger partial charge in [-0.1, -0.05) is 5.16 Å². The molecule has 7 nitrogen and oxygen atoms in total. The maximum absolute atomic E-state index is 13.2. The van der Waals surface area contributed by atoms with Crippen molar-refractivity contribution in [3.05, 3.63) is 35.7 Å². The number of pyridine rings is 1. The molecule has 4 rings (SSSR count). The number of hydrogen-bond acceptors (Lipinski definition) is 6. The van der Waals surface area contributed by atoms with Crippen molar-refractivity contribution in [3.63, 3.8) is 0 Å². The van der Waals surface area contributed by atoms with Crippen molar-refractivity contribution >= 4 is 17.0 Å². The number of nitrogens with zero attached hydrogens (tertiary/aromatic N) is 4. The summed E-state index contributed by atoms with van der Waals surface area (Å²) in [5.74, 6) is 0.401. The average Bonchev–Trinajstić information content (AvgIpc) is 3.12. The van der Waals surface area contributed by atoms with E-state index in [0.717, 1.165) is 12.8 Å². The van der Waals surface area contributed by atoms with Gasteiger partial charge in [-0.3, -0.25) is 4.79 Å². The molecular weight excluding hydrogens is 320 g/mol. The van der Waals surface area contributed by atoms with Gasteiger partial charge in [0.05, 0.1) is 29.7 Å². The van der Waals surface area contributed by atoms with Crippen molar-refractivity contribution in [2.75, 3.05) is 6.54 Å². The standard InChI is InChI=1S/C18H16N4O3/c1-11-10-13(18(23)22(8-3-7-19)12-5-6-12)15-16(14-4-2-9-24-14)21-25-17(15)20-11/h2,4,9-10,12H,3,5-6,8H2,1H3. The van der Waals surface area contributed by atoms with E-state index in [1.165, 1.54) is 0 Å². The molecule has 0 bridgehead atoms. The van der Waals surface area contributed by atoms with Crippen LogP contribution in [0.25, 0.3) is 22.6 Å². The molecule has 1 amide bonds. The predicted molar refractivity (Wildman–Crippen MR) is 88.5 cm³/mol. The Kier molecular flexibility index (Phi) is 3.73. The summed E-state index contributed by atoms with van der Waals surface area (Å²) < 4.78 is 10.8. The van der Waals surface area contributed by atoms with E-state index < -0.39 is 0 Å². The van der Waals surface area contributed by atoms with Gasteiger partial charge in [0.15, 0.2) is 11.5 Å². The molecule has 0 radical (unpaired) electrons. The number of nitriles is 1. The maximum atomic E-state index is 13.2. The monoisotopic (exact) mass is 336 g/mol. The number of fused-ring (bicyclic) bond motifs is 1. The summed E-state index contributed by atoms with van der Waals surface area (Å²) in [5, 5.41) is 13.5. The number of hydrogen-bond donors (Lipinski definition) is 0. The van der Waals surface area contributed by atoms with Crippen molar-refractivity contribution in [1.29, 1.82) is 5.26 Å². The topological polar surface area (TPSA) is 96.2 Å². The quantitative estimate of drug-likeness (QED) is 0.709. The van der Waals surface area contributed by atoms with E-state index in [0.29, 0.717) is 46.8 Å². The lowest BCUT2D eigenvalue weighted by Crippen LogP contribution is -2.34. The Morgan fingerprint density at radius 3 is 3.00 bits per heavy atom. The molecular formula is C18H16N4O3. The van der Waals surface area contributed by atoms with Crippen LogP contribution >= 0.6 is 0 Å². The van der Waals surface area contributed by atoms with Crippen LogP contribution in [0.1, 0.15) is 35.3 Å². The summed E-state index contributed by atoms with van der Waals surface area (Å²) in [6.45, 7) is 2.23. The molecule has 126 valence electrons. The van der Waals surface area contributed by atoms with Gasteiger partial charge in [-0.05, 0) is 38.0 Å². The molecule has 0 saturated heterocycles. The number of aromatic nitrogens is 2. The molecule has 0 aliphatic heterocycles. The highest BCUT2D eigenvalue weighted by molar-refractivity contribution is 6.09. The number of amides is 1. The average molecular weight is 336 g/mol. The molecule has 1 fully saturated rings. The van der Waals surface area contributed by atoms with Crippen LogP contribution in [-0.2, 0) is 0 Å². The third-order valence-corrected chi connectivity index (χ3v) is 4.27. The third kappa shape index (κ3) is 2.76. The van der Waals surface area contributed by atoms with E-state index in [-0.39, 0.29) is 11.9 Å². The molecule has 0 aromatic carbocycles. The lowest BCUT2D eigenvalue weighted by molar-refractivity contribution is 0.0748. The zero-order chi connectivity index (χ0) is 17.4. The van der Waals surface area contributed by atoms with Gasteiger partial charge in [0, 0.05) is 18.3 Å². The Morgan fingerprint density at radius 2 is 2.32 bits per heavy atom. The summed E-state index contributed by atoms with van der Waals surface area (Å²) in [6.07, 6.45) is 3.80. The van der Waals surface area contributed by atoms with Crippen LogP contribution in [0.15, 0.2) is 33.4 Å². The zero-order valence-corrected chi connectivity index (χ0v) is 13.7. The van der Waals surface area contributed by atoms with E-state index in [1.54, 1.807) is 29.4 Å². The van der Waals surface area contributed by atoms with Gasteiger partial charge in [0.1, 0.15) is 0 Å². The van der Waals surface area contributed by atoms with Crippen LogP contribution in [0.2, 0.25) is 0 Å². The summed E-state index contributed by atoms with van der Waals surface area (Å²) in [7, 11) is 0. The number of carbonyl (C=O) groups is 1. The summed E-state index contributed by atoms with van der Waals surface area (Å²) in [4.78, 5) is 19.3. The second-order valence-corrected chi connectivity index (χ2v) is 6.14. The normalized spacial score (nSPS) is 13.8. The first kappa shape index (κ1) is 15.4. The lowest BCUT2D eigenvalue weighted by Gasteiger charge is -2.21. The molecule has 1 aliphatic carbocycles. The summed E-state index contributed by atoms with van der Waals surface area (Å²) >= 11 is 0. The Balaban J connectivity index is 1.84. The molecule has 0 unspecified atom stereocenters. The van der Waals surface area contributed by atoms with E-state index in [1.807, 2.05) is 6.92 Å². The smallest absolute Gasteiger partial charge is 0.259 e. The van der Waals surface area contributed by atoms with Crippen molar-refractivity contribution < 1.29 is 13.7 Å². The van der Waals surface area contributed by atoms with Gasteiger partial charge in [0.2, 0.25) is 0 Å². The van der Waals surface area contributed by atoms with Crippen molar-refractivity contribution in [2.45, 2.75) is 32.2 Å². The number of aryl methyl sites for hydroxylation is 1. The van der Waals surface area contributed by atoms with Gasteiger partial charge in [-0.25, -0.2) is 4.98 Å². The molecule has 3 aromatic rings. The van der Waals surface area contributed by atoms with Crippen LogP contribution < -0.4 is 0 Å². The number of rotatable bonds is 5. The van der Waals surface area contributed by atoms with Gasteiger partial charge >= 0.3 is 0 Å². The SMILES string of the molecule is Cc1cc(C(=O)N(CCC#N)C2CC2)c2c(-c3ccco3)noc2n1. The van der Waals surface area contributed by atoms with E-state index >= 15 is 0 Å². The largest absolute Gasteiger partial charge is 0.463 e. The maximum Gasteiger partial charge on any atom is 0.259 e. The van der Waals surface area contributed by atoms with E-state index in [4.69, 9.17) is 14.2 Å². The first-order valence-corrected chi connectivity index (χ1v) is 8.18. The summed E-state index contributed by atoms with van der Waals surface area (Å²) in [5.41, 5.74) is 1.94. The van der Waals surface area contributed by atoms with Gasteiger partial charge in [0.25, 0.3) is 11.6 Å². The Labute approximate surface area is 143 Å². The van der Waals surface area contributed by atoms with Crippen LogP contribution in [0, 0.1) is 18.3 Å². The fraction of sp³-hybridized carbons (Fsp3) is 0.333. The second-order valence-electron chi connectivity index (χ2n) is 6.14. The highest BCUT2D eigenvalue weighted by atomic mass is 16.5. The Hall–Kier alpha value is -3.14. The molecule has 0 spiro atoms. The minimum absolute atomic E-state index is 0.121. The Morgan fingerprint density at radius 1 is 1.48 bits per heavy atom. The van der Waals surface area contributed by atoms with Gasteiger partial charge in [-0.2, -0.15) is 5.26 Å². The number of carbonyl (C=O) groups excluding carboxylic acids is 1. The van der Waals surface area contributed by atoms with Crippen molar-refractivity contribution in [1.82, 2.24) is 15.0 Å². The molecule has 1 aliphatic rings. The van der Waals surface area contributed by atoms with Crippen LogP contribution in [0.5, 0.6) is 0 Å². The zero-order valence-electron chi connectivity index (χ0n) is 13.7. The van der Waals surface area contributed by atoms with Gasteiger partial charge in [-0.15, -0.1) is 0 Å². The molecule has 1 saturated carbocycles. The minimum Gasteiger partial charge on any atom is -0.463 e. The highest BCUT2D eigenvalue weighted by Crippen LogP contribution is 2.34. The first-order valence-electron chi connectivity index (χ1n) is 8.18. The van der Waals surface area contributed by atoms with Crippen LogP contribution in [0.3, 0.4) is 0 Å². The molecule has 3 aromatic heterocycles. The fourth-order valence-corrected chi connectivity index (χ4v) is 2.99. The van der Waals surface area contributed by atoms with E-state index in [9.17, 15) is 4.79 Å². The fourth-order valence-electron chi connectivity index (χ4n) is 2.99. The van der Waals surface area contributed by atoms with Gasteiger partial charge < -0.3 is 13.8 Å². The van der Waals surface area contributed by atoms with Crippen LogP contribution in [0.4, 0.5) is 0 Å². The molecule has 0 N–H and O–H groups in total. The predicted octanol–water partition coefficient (Wildman–Crippen LogP) is 3.31. The summed E-state index contributed by atoms with van der Waals surface area (Å²) in [6, 6.07) is 7.58. The lowest BCUT2D eigenvalue weighted by atomic mass is 10.1. The second kappa shape index (κ2) is 6.06. The highest BCUT2D eigenvalue weighted by Gasteiger charge is 2.34.